The van der Waals surface area contributed by atoms with E-state index in [0.717, 1.165) is 21.7 Å². The minimum atomic E-state index is 0.0623. The number of amides is 1. The van der Waals surface area contributed by atoms with Crippen molar-refractivity contribution >= 4 is 45.2 Å². The summed E-state index contributed by atoms with van der Waals surface area (Å²) in [6, 6.07) is 7.72. The molecule has 0 saturated carbocycles. The number of rotatable bonds is 7. The van der Waals surface area contributed by atoms with Crippen molar-refractivity contribution in [3.63, 3.8) is 0 Å². The average molecular weight is 349 g/mol. The highest BCUT2D eigenvalue weighted by Gasteiger charge is 2.01. The lowest BCUT2D eigenvalue weighted by molar-refractivity contribution is -0.120. The van der Waals surface area contributed by atoms with Crippen LogP contribution in [-0.4, -0.2) is 18.2 Å². The molecule has 0 bridgehead atoms. The molecule has 0 atom stereocenters. The minimum Gasteiger partial charge on any atom is -0.352 e. The van der Waals surface area contributed by atoms with Gasteiger partial charge in [-0.3, -0.25) is 4.79 Å². The van der Waals surface area contributed by atoms with Crippen LogP contribution in [0, 0.1) is 0 Å². The first kappa shape index (κ1) is 15.6. The first-order valence-corrected chi connectivity index (χ1v) is 7.72. The van der Waals surface area contributed by atoms with Crippen molar-refractivity contribution in [3.05, 3.63) is 40.3 Å². The second-order valence-corrected chi connectivity index (χ2v) is 6.43. The monoisotopic (exact) mass is 347 g/mol. The number of carbonyl (C=O) groups excluding carboxylic acids is 1. The Morgan fingerprint density at radius 2 is 2.06 bits per heavy atom. The molecule has 0 fully saturated rings. The first-order chi connectivity index (χ1) is 8.58. The van der Waals surface area contributed by atoms with Crippen LogP contribution in [0.3, 0.4) is 0 Å². The van der Waals surface area contributed by atoms with Gasteiger partial charge in [0.15, 0.2) is 0 Å². The summed E-state index contributed by atoms with van der Waals surface area (Å²) < 4.78 is 0.784. The van der Waals surface area contributed by atoms with Crippen LogP contribution in [-0.2, 0) is 4.79 Å². The number of halogens is 2. The zero-order valence-corrected chi connectivity index (χ0v) is 13.1. The number of nitrogens with one attached hydrogen (secondary N) is 1. The van der Waals surface area contributed by atoms with Crippen LogP contribution in [0.5, 0.6) is 0 Å². The predicted molar refractivity (Wildman–Crippen MR) is 82.5 cm³/mol. The van der Waals surface area contributed by atoms with Crippen molar-refractivity contribution in [3.8, 4) is 0 Å². The van der Waals surface area contributed by atoms with Gasteiger partial charge in [-0.2, -0.15) is 0 Å². The third kappa shape index (κ3) is 7.09. The third-order valence-corrected chi connectivity index (χ3v) is 3.74. The summed E-state index contributed by atoms with van der Waals surface area (Å²) in [5.74, 6) is 0.983. The molecule has 0 radical (unpaired) electrons. The van der Waals surface area contributed by atoms with E-state index in [0.29, 0.717) is 13.0 Å². The molecule has 5 heteroatoms. The van der Waals surface area contributed by atoms with Gasteiger partial charge in [-0.05, 0) is 36.4 Å². The minimum absolute atomic E-state index is 0.0623. The summed E-state index contributed by atoms with van der Waals surface area (Å²) in [4.78, 5) is 12.6. The number of carbonyl (C=O) groups is 1. The molecule has 18 heavy (non-hydrogen) atoms. The summed E-state index contributed by atoms with van der Waals surface area (Å²) >= 11 is 10.7. The molecule has 0 saturated heterocycles. The molecule has 1 amide bonds. The number of hydrogen-bond acceptors (Lipinski definition) is 2. The van der Waals surface area contributed by atoms with Crippen molar-refractivity contribution < 1.29 is 4.79 Å². The molecular weight excluding hydrogens is 334 g/mol. The molecule has 0 aliphatic rings. The highest BCUT2D eigenvalue weighted by molar-refractivity contribution is 9.11. The molecule has 1 aromatic carbocycles. The Labute approximate surface area is 125 Å². The fourth-order valence-corrected chi connectivity index (χ4v) is 2.36. The fourth-order valence-electron chi connectivity index (χ4n) is 1.24. The van der Waals surface area contributed by atoms with E-state index in [9.17, 15) is 4.79 Å². The SMILES string of the molecule is C=C(Br)CNC(=O)CCCSc1ccc(Cl)cc1. The molecule has 0 aromatic heterocycles. The molecule has 2 nitrogen and oxygen atoms in total. The van der Waals surface area contributed by atoms with E-state index < -0.39 is 0 Å². The van der Waals surface area contributed by atoms with Crippen LogP contribution in [0.2, 0.25) is 5.02 Å². The van der Waals surface area contributed by atoms with Gasteiger partial charge in [-0.1, -0.05) is 34.1 Å². The van der Waals surface area contributed by atoms with Crippen LogP contribution in [0.4, 0.5) is 0 Å². The quantitative estimate of drug-likeness (QED) is 0.590. The van der Waals surface area contributed by atoms with Gasteiger partial charge in [-0.15, -0.1) is 11.8 Å². The molecular formula is C13H15BrClNOS. The molecule has 0 spiro atoms. The molecule has 0 aliphatic carbocycles. The van der Waals surface area contributed by atoms with E-state index in [1.807, 2.05) is 24.3 Å². The van der Waals surface area contributed by atoms with Crippen LogP contribution < -0.4 is 5.32 Å². The van der Waals surface area contributed by atoms with E-state index in [-0.39, 0.29) is 5.91 Å². The third-order valence-electron chi connectivity index (χ3n) is 2.11. The standard InChI is InChI=1S/C13H15BrClNOS/c1-10(14)9-16-13(17)3-2-8-18-12-6-4-11(15)5-7-12/h4-7H,1-3,8-9H2,(H,16,17). The van der Waals surface area contributed by atoms with E-state index in [1.165, 1.54) is 4.90 Å². The van der Waals surface area contributed by atoms with Crippen molar-refractivity contribution in [2.75, 3.05) is 12.3 Å². The topological polar surface area (TPSA) is 29.1 Å². The molecule has 1 aromatic rings. The fraction of sp³-hybridized carbons (Fsp3) is 0.308. The van der Waals surface area contributed by atoms with Crippen LogP contribution in [0.25, 0.3) is 0 Å². The van der Waals surface area contributed by atoms with Gasteiger partial charge in [0.25, 0.3) is 0 Å². The zero-order chi connectivity index (χ0) is 13.4. The molecule has 0 aliphatic heterocycles. The van der Waals surface area contributed by atoms with E-state index >= 15 is 0 Å². The van der Waals surface area contributed by atoms with Crippen LogP contribution in [0.15, 0.2) is 40.2 Å². The first-order valence-electron chi connectivity index (χ1n) is 5.56. The smallest absolute Gasteiger partial charge is 0.220 e. The Balaban J connectivity index is 2.13. The summed E-state index contributed by atoms with van der Waals surface area (Å²) in [5.41, 5.74) is 0. The molecule has 0 unspecified atom stereocenters. The average Bonchev–Trinajstić information content (AvgIpc) is 2.34. The highest BCUT2D eigenvalue weighted by atomic mass is 79.9. The highest BCUT2D eigenvalue weighted by Crippen LogP contribution is 2.21. The Bertz CT molecular complexity index is 408. The lowest BCUT2D eigenvalue weighted by Gasteiger charge is -2.04. The summed E-state index contributed by atoms with van der Waals surface area (Å²) in [5, 5.41) is 3.52. The summed E-state index contributed by atoms with van der Waals surface area (Å²) in [6.07, 6.45) is 1.40. The second-order valence-electron chi connectivity index (χ2n) is 3.70. The van der Waals surface area contributed by atoms with Crippen molar-refractivity contribution in [1.82, 2.24) is 5.32 Å². The maximum absolute atomic E-state index is 11.4. The lowest BCUT2D eigenvalue weighted by Crippen LogP contribution is -2.24. The Morgan fingerprint density at radius 1 is 1.39 bits per heavy atom. The maximum Gasteiger partial charge on any atom is 0.220 e. The van der Waals surface area contributed by atoms with Crippen molar-refractivity contribution in [2.24, 2.45) is 0 Å². The van der Waals surface area contributed by atoms with E-state index in [1.54, 1.807) is 11.8 Å². The van der Waals surface area contributed by atoms with Gasteiger partial charge >= 0.3 is 0 Å². The summed E-state index contributed by atoms with van der Waals surface area (Å²) in [6.45, 7) is 4.15. The Hall–Kier alpha value is -0.450. The van der Waals surface area contributed by atoms with Crippen LogP contribution in [0.1, 0.15) is 12.8 Å². The zero-order valence-electron chi connectivity index (χ0n) is 9.92. The van der Waals surface area contributed by atoms with Gasteiger partial charge in [0.1, 0.15) is 0 Å². The van der Waals surface area contributed by atoms with Gasteiger partial charge in [0.05, 0.1) is 0 Å². The van der Waals surface area contributed by atoms with Crippen LogP contribution >= 0.6 is 39.3 Å². The van der Waals surface area contributed by atoms with E-state index in [2.05, 4.69) is 27.8 Å². The summed E-state index contributed by atoms with van der Waals surface area (Å²) in [7, 11) is 0. The Morgan fingerprint density at radius 3 is 2.67 bits per heavy atom. The van der Waals surface area contributed by atoms with Gasteiger partial charge in [-0.25, -0.2) is 0 Å². The van der Waals surface area contributed by atoms with E-state index in [4.69, 9.17) is 11.6 Å². The number of hydrogen-bond donors (Lipinski definition) is 1. The lowest BCUT2D eigenvalue weighted by atomic mass is 10.3. The second kappa shape index (κ2) is 8.62. The Kier molecular flexibility index (Phi) is 7.47. The normalized spacial score (nSPS) is 10.1. The number of thioether (sulfide) groups is 1. The van der Waals surface area contributed by atoms with Gasteiger partial charge in [0, 0.05) is 27.4 Å². The van der Waals surface area contributed by atoms with Gasteiger partial charge in [0.2, 0.25) is 5.91 Å². The predicted octanol–water partition coefficient (Wildman–Crippen LogP) is 4.24. The largest absolute Gasteiger partial charge is 0.352 e. The molecule has 1 N–H and O–H groups in total. The maximum atomic E-state index is 11.4. The molecule has 98 valence electrons. The molecule has 1 rings (SSSR count). The van der Waals surface area contributed by atoms with Crippen molar-refractivity contribution in [1.29, 1.82) is 0 Å². The molecule has 0 heterocycles. The van der Waals surface area contributed by atoms with Gasteiger partial charge < -0.3 is 5.32 Å². The number of benzene rings is 1. The van der Waals surface area contributed by atoms with Crippen molar-refractivity contribution in [2.45, 2.75) is 17.7 Å².